The second-order valence-electron chi connectivity index (χ2n) is 4.83. The number of nitrogens with one attached hydrogen (secondary N) is 2. The van der Waals surface area contributed by atoms with E-state index in [1.165, 1.54) is 5.69 Å². The van der Waals surface area contributed by atoms with E-state index in [0.29, 0.717) is 6.54 Å². The van der Waals surface area contributed by atoms with Crippen LogP contribution in [0.5, 0.6) is 0 Å². The molecule has 21 heavy (non-hydrogen) atoms. The van der Waals surface area contributed by atoms with Crippen molar-refractivity contribution in [3.63, 3.8) is 0 Å². The van der Waals surface area contributed by atoms with E-state index in [0.717, 1.165) is 13.0 Å². The number of amides is 2. The number of hydrogen-bond acceptors (Lipinski definition) is 3. The summed E-state index contributed by atoms with van der Waals surface area (Å²) in [5, 5.41) is 7.05. The number of hydrogen-bond donors (Lipinski definition) is 3. The first-order chi connectivity index (χ1) is 10.1. The zero-order chi connectivity index (χ0) is 15.5. The molecule has 0 heterocycles. The van der Waals surface area contributed by atoms with Crippen LogP contribution in [0, 0.1) is 0 Å². The smallest absolute Gasteiger partial charge is 0.275 e. The molecule has 0 atom stereocenters. The fourth-order valence-corrected chi connectivity index (χ4v) is 1.86. The third-order valence-electron chi connectivity index (χ3n) is 3.13. The Morgan fingerprint density at radius 2 is 1.81 bits per heavy atom. The number of carbonyl (C=O) groups excluding carboxylic acids is 2. The maximum absolute atomic E-state index is 11.5. The predicted molar refractivity (Wildman–Crippen MR) is 83.1 cm³/mol. The molecular formula is C15H25N4O2+. The van der Waals surface area contributed by atoms with Crippen LogP contribution in [-0.4, -0.2) is 52.1 Å². The maximum Gasteiger partial charge on any atom is 0.275 e. The Labute approximate surface area is 125 Å². The van der Waals surface area contributed by atoms with Gasteiger partial charge in [0.15, 0.2) is 13.1 Å². The highest BCUT2D eigenvalue weighted by atomic mass is 16.2. The molecule has 0 radical (unpaired) electrons. The van der Waals surface area contributed by atoms with E-state index in [-0.39, 0.29) is 24.9 Å². The summed E-state index contributed by atoms with van der Waals surface area (Å²) in [4.78, 5) is 24.7. The average molecular weight is 293 g/mol. The second-order valence-corrected chi connectivity index (χ2v) is 4.83. The normalized spacial score (nSPS) is 10.0. The molecule has 0 saturated heterocycles. The van der Waals surface area contributed by atoms with Crippen LogP contribution in [0.15, 0.2) is 30.3 Å². The van der Waals surface area contributed by atoms with Gasteiger partial charge in [-0.25, -0.2) is 0 Å². The lowest BCUT2D eigenvalue weighted by atomic mass is 10.3. The lowest BCUT2D eigenvalue weighted by Gasteiger charge is -2.19. The Morgan fingerprint density at radius 3 is 2.48 bits per heavy atom. The van der Waals surface area contributed by atoms with Crippen LogP contribution in [0.25, 0.3) is 0 Å². The number of benzene rings is 1. The molecular weight excluding hydrogens is 268 g/mol. The number of likely N-dealkylation sites (N-methyl/N-ethyl adjacent to an activating group) is 1. The maximum atomic E-state index is 11.5. The number of quaternary nitrogens is 1. The quantitative estimate of drug-likeness (QED) is 0.508. The third kappa shape index (κ3) is 7.31. The zero-order valence-corrected chi connectivity index (χ0v) is 12.8. The van der Waals surface area contributed by atoms with Gasteiger partial charge in [0.05, 0.1) is 0 Å². The third-order valence-corrected chi connectivity index (χ3v) is 3.13. The van der Waals surface area contributed by atoms with Crippen LogP contribution in [0.3, 0.4) is 0 Å². The molecule has 1 rings (SSSR count). The van der Waals surface area contributed by atoms with Gasteiger partial charge in [0.1, 0.15) is 0 Å². The minimum Gasteiger partial charge on any atom is -0.375 e. The van der Waals surface area contributed by atoms with E-state index in [2.05, 4.69) is 27.7 Å². The van der Waals surface area contributed by atoms with Gasteiger partial charge in [0.2, 0.25) is 0 Å². The van der Waals surface area contributed by atoms with Crippen molar-refractivity contribution < 1.29 is 14.9 Å². The minimum atomic E-state index is -0.0766. The van der Waals surface area contributed by atoms with Gasteiger partial charge in [-0.3, -0.25) is 9.59 Å². The largest absolute Gasteiger partial charge is 0.375 e. The van der Waals surface area contributed by atoms with Crippen molar-refractivity contribution in [2.75, 3.05) is 45.2 Å². The first-order valence-electron chi connectivity index (χ1n) is 7.18. The van der Waals surface area contributed by atoms with Crippen molar-refractivity contribution in [3.05, 3.63) is 30.3 Å². The first-order valence-corrected chi connectivity index (χ1v) is 7.18. The molecule has 0 bridgehead atoms. The number of para-hydroxylation sites is 1. The number of nitrogens with two attached hydrogens (primary N) is 1. The molecule has 116 valence electrons. The molecule has 0 aromatic heterocycles. The Balaban J connectivity index is 2.08. The van der Waals surface area contributed by atoms with Crippen LogP contribution in [0.2, 0.25) is 0 Å². The van der Waals surface area contributed by atoms with E-state index >= 15 is 0 Å². The fraction of sp³-hybridized carbons (Fsp3) is 0.467. The van der Waals surface area contributed by atoms with Gasteiger partial charge in [0.25, 0.3) is 11.8 Å². The van der Waals surface area contributed by atoms with Crippen molar-refractivity contribution in [1.29, 1.82) is 0 Å². The SMILES string of the molecule is CNC(=O)C[NH2+]CC(=O)NCCCN(C)c1ccccc1. The summed E-state index contributed by atoms with van der Waals surface area (Å²) in [6.07, 6.45) is 0.882. The van der Waals surface area contributed by atoms with Crippen LogP contribution in [-0.2, 0) is 9.59 Å². The zero-order valence-electron chi connectivity index (χ0n) is 12.8. The molecule has 4 N–H and O–H groups in total. The topological polar surface area (TPSA) is 78.0 Å². The lowest BCUT2D eigenvalue weighted by molar-refractivity contribution is -0.633. The summed E-state index contributed by atoms with van der Waals surface area (Å²) in [5.41, 5.74) is 1.17. The highest BCUT2D eigenvalue weighted by Crippen LogP contribution is 2.10. The van der Waals surface area contributed by atoms with E-state index < -0.39 is 0 Å². The predicted octanol–water partition coefficient (Wildman–Crippen LogP) is -1.06. The molecule has 0 fully saturated rings. The van der Waals surface area contributed by atoms with Gasteiger partial charge in [-0.15, -0.1) is 0 Å². The van der Waals surface area contributed by atoms with Crippen molar-refractivity contribution in [2.24, 2.45) is 0 Å². The fourth-order valence-electron chi connectivity index (χ4n) is 1.86. The highest BCUT2D eigenvalue weighted by molar-refractivity contribution is 5.78. The van der Waals surface area contributed by atoms with Gasteiger partial charge in [-0.05, 0) is 18.6 Å². The van der Waals surface area contributed by atoms with E-state index in [4.69, 9.17) is 0 Å². The Kier molecular flexibility index (Phi) is 7.89. The molecule has 0 aliphatic carbocycles. The molecule has 1 aromatic carbocycles. The van der Waals surface area contributed by atoms with E-state index in [1.807, 2.05) is 25.2 Å². The monoisotopic (exact) mass is 293 g/mol. The molecule has 0 saturated carbocycles. The molecule has 0 aliphatic heterocycles. The highest BCUT2D eigenvalue weighted by Gasteiger charge is 2.06. The molecule has 1 aromatic rings. The van der Waals surface area contributed by atoms with Gasteiger partial charge in [-0.2, -0.15) is 0 Å². The molecule has 0 aliphatic rings. The van der Waals surface area contributed by atoms with Gasteiger partial charge in [-0.1, -0.05) is 18.2 Å². The molecule has 2 amide bonds. The standard InChI is InChI=1S/C15H24N4O2/c1-16-14(20)11-17-12-15(21)18-9-6-10-19(2)13-7-4-3-5-8-13/h3-5,7-8,17H,6,9-12H2,1-2H3,(H,16,20)(H,18,21)/p+1. The van der Waals surface area contributed by atoms with Gasteiger partial charge in [0, 0.05) is 32.9 Å². The average Bonchev–Trinajstić information content (AvgIpc) is 2.52. The number of anilines is 1. The van der Waals surface area contributed by atoms with Crippen molar-refractivity contribution in [3.8, 4) is 0 Å². The van der Waals surface area contributed by atoms with Crippen LogP contribution >= 0.6 is 0 Å². The Morgan fingerprint density at radius 1 is 1.14 bits per heavy atom. The summed E-state index contributed by atoms with van der Waals surface area (Å²) < 4.78 is 0. The van der Waals surface area contributed by atoms with Crippen LogP contribution < -0.4 is 20.9 Å². The lowest BCUT2D eigenvalue weighted by Crippen LogP contribution is -2.88. The number of carbonyl (C=O) groups is 2. The minimum absolute atomic E-state index is 0.0405. The summed E-state index contributed by atoms with van der Waals surface area (Å²) in [6, 6.07) is 10.1. The van der Waals surface area contributed by atoms with Gasteiger partial charge < -0.3 is 20.9 Å². The Hall–Kier alpha value is -2.08. The van der Waals surface area contributed by atoms with Crippen LogP contribution in [0.4, 0.5) is 5.69 Å². The summed E-state index contributed by atoms with van der Waals surface area (Å²) in [5.74, 6) is -0.117. The molecule has 0 unspecified atom stereocenters. The van der Waals surface area contributed by atoms with Gasteiger partial charge >= 0.3 is 0 Å². The molecule has 6 heteroatoms. The summed E-state index contributed by atoms with van der Waals surface area (Å²) >= 11 is 0. The number of nitrogens with zero attached hydrogens (tertiary/aromatic N) is 1. The van der Waals surface area contributed by atoms with Crippen molar-refractivity contribution >= 4 is 17.5 Å². The van der Waals surface area contributed by atoms with E-state index in [1.54, 1.807) is 12.4 Å². The first kappa shape index (κ1) is 17.0. The van der Waals surface area contributed by atoms with E-state index in [9.17, 15) is 9.59 Å². The molecule has 6 nitrogen and oxygen atoms in total. The summed E-state index contributed by atoms with van der Waals surface area (Å²) in [7, 11) is 3.62. The Bertz CT molecular complexity index is 437. The molecule has 0 spiro atoms. The second kappa shape index (κ2) is 9.77. The van der Waals surface area contributed by atoms with Crippen molar-refractivity contribution in [1.82, 2.24) is 10.6 Å². The van der Waals surface area contributed by atoms with Crippen LogP contribution in [0.1, 0.15) is 6.42 Å². The summed E-state index contributed by atoms with van der Waals surface area (Å²) in [6.45, 7) is 2.08. The number of rotatable bonds is 9. The van der Waals surface area contributed by atoms with Crippen molar-refractivity contribution in [2.45, 2.75) is 6.42 Å².